The summed E-state index contributed by atoms with van der Waals surface area (Å²) in [5, 5.41) is 0. The van der Waals surface area contributed by atoms with E-state index >= 15 is 0 Å². The van der Waals surface area contributed by atoms with Crippen LogP contribution in [0.1, 0.15) is 37.2 Å². The highest BCUT2D eigenvalue weighted by molar-refractivity contribution is 5.41. The molecule has 1 saturated carbocycles. The molecule has 2 atom stereocenters. The Kier molecular flexibility index (Phi) is 2.34. The molecule has 0 bridgehead atoms. The maximum Gasteiger partial charge on any atom is 0.165 e. The molecule has 0 spiro atoms. The zero-order valence-corrected chi connectivity index (χ0v) is 9.01. The van der Waals surface area contributed by atoms with E-state index in [4.69, 9.17) is 4.74 Å². The van der Waals surface area contributed by atoms with Crippen molar-refractivity contribution >= 4 is 0 Å². The number of fused-ring (bicyclic) bond motifs is 3. The second-order valence-electron chi connectivity index (χ2n) is 4.73. The molecule has 1 nitrogen and oxygen atoms in total. The molecule has 2 aliphatic rings. The Morgan fingerprint density at radius 2 is 1.81 bits per heavy atom. The predicted octanol–water partition coefficient (Wildman–Crippen LogP) is 3.63. The van der Waals surface area contributed by atoms with Gasteiger partial charge in [-0.3, -0.25) is 0 Å². The lowest BCUT2D eigenvalue weighted by Crippen LogP contribution is -2.30. The maximum atomic E-state index is 13.8. The van der Waals surface area contributed by atoms with Crippen LogP contribution in [-0.2, 0) is 0 Å². The van der Waals surface area contributed by atoms with Crippen LogP contribution in [0.4, 0.5) is 8.78 Å². The van der Waals surface area contributed by atoms with E-state index in [2.05, 4.69) is 0 Å². The SMILES string of the molecule is Fc1ccc(F)c2c1OCC1CCCCC21. The van der Waals surface area contributed by atoms with Gasteiger partial charge in [-0.1, -0.05) is 12.8 Å². The van der Waals surface area contributed by atoms with Crippen molar-refractivity contribution in [3.05, 3.63) is 29.3 Å². The molecule has 0 radical (unpaired) electrons. The van der Waals surface area contributed by atoms with E-state index in [1.54, 1.807) is 0 Å². The third-order valence-electron chi connectivity index (χ3n) is 3.82. The van der Waals surface area contributed by atoms with E-state index in [0.717, 1.165) is 25.3 Å². The second kappa shape index (κ2) is 3.72. The monoisotopic (exact) mass is 224 g/mol. The summed E-state index contributed by atoms with van der Waals surface area (Å²) in [6.07, 6.45) is 4.31. The van der Waals surface area contributed by atoms with Crippen LogP contribution in [-0.4, -0.2) is 6.61 Å². The molecule has 1 heterocycles. The van der Waals surface area contributed by atoms with Gasteiger partial charge in [0.15, 0.2) is 11.6 Å². The lowest BCUT2D eigenvalue weighted by atomic mass is 9.74. The fraction of sp³-hybridized carbons (Fsp3) is 0.538. The molecule has 86 valence electrons. The van der Waals surface area contributed by atoms with E-state index in [0.29, 0.717) is 18.1 Å². The molecule has 0 amide bonds. The van der Waals surface area contributed by atoms with Gasteiger partial charge in [-0.05, 0) is 30.9 Å². The number of hydrogen-bond donors (Lipinski definition) is 0. The largest absolute Gasteiger partial charge is 0.490 e. The van der Waals surface area contributed by atoms with Crippen molar-refractivity contribution in [2.45, 2.75) is 31.6 Å². The Balaban J connectivity index is 2.10. The predicted molar refractivity (Wildman–Crippen MR) is 56.6 cm³/mol. The first kappa shape index (κ1) is 10.1. The zero-order chi connectivity index (χ0) is 11.1. The Labute approximate surface area is 93.4 Å². The van der Waals surface area contributed by atoms with Crippen LogP contribution in [0.25, 0.3) is 0 Å². The fourth-order valence-corrected chi connectivity index (χ4v) is 3.02. The first-order valence-electron chi connectivity index (χ1n) is 5.88. The minimum atomic E-state index is -0.430. The van der Waals surface area contributed by atoms with E-state index in [1.165, 1.54) is 12.5 Å². The highest BCUT2D eigenvalue weighted by atomic mass is 19.1. The molecule has 16 heavy (non-hydrogen) atoms. The lowest BCUT2D eigenvalue weighted by molar-refractivity contribution is 0.147. The minimum Gasteiger partial charge on any atom is -0.490 e. The van der Waals surface area contributed by atoms with E-state index in [-0.39, 0.29) is 17.5 Å². The summed E-state index contributed by atoms with van der Waals surface area (Å²) < 4.78 is 32.7. The number of ether oxygens (including phenoxy) is 1. The van der Waals surface area contributed by atoms with Crippen LogP contribution in [0.2, 0.25) is 0 Å². The Hall–Kier alpha value is -1.12. The Bertz CT molecular complexity index is 417. The summed E-state index contributed by atoms with van der Waals surface area (Å²) in [7, 11) is 0. The summed E-state index contributed by atoms with van der Waals surface area (Å²) >= 11 is 0. The summed E-state index contributed by atoms with van der Waals surface area (Å²) in [5.74, 6) is -0.0534. The standard InChI is InChI=1S/C13H14F2O/c14-10-5-6-11(15)13-12(10)9-4-2-1-3-8(9)7-16-13/h5-6,8-9H,1-4,7H2. The molecule has 3 heteroatoms. The van der Waals surface area contributed by atoms with Crippen LogP contribution >= 0.6 is 0 Å². The van der Waals surface area contributed by atoms with E-state index in [1.807, 2.05) is 0 Å². The average Bonchev–Trinajstić information content (AvgIpc) is 2.33. The molecular formula is C13H14F2O. The van der Waals surface area contributed by atoms with Gasteiger partial charge in [0.25, 0.3) is 0 Å². The van der Waals surface area contributed by atoms with Gasteiger partial charge in [0.1, 0.15) is 5.82 Å². The second-order valence-corrected chi connectivity index (χ2v) is 4.73. The van der Waals surface area contributed by atoms with Crippen LogP contribution in [0.15, 0.2) is 12.1 Å². The van der Waals surface area contributed by atoms with E-state index < -0.39 is 5.82 Å². The summed E-state index contributed by atoms with van der Waals surface area (Å²) in [4.78, 5) is 0. The van der Waals surface area contributed by atoms with Crippen molar-refractivity contribution in [1.29, 1.82) is 0 Å². The van der Waals surface area contributed by atoms with Crippen molar-refractivity contribution in [2.24, 2.45) is 5.92 Å². The number of benzene rings is 1. The Morgan fingerprint density at radius 3 is 2.69 bits per heavy atom. The Morgan fingerprint density at radius 1 is 1.06 bits per heavy atom. The summed E-state index contributed by atoms with van der Waals surface area (Å²) in [5.41, 5.74) is 0.482. The molecule has 0 aromatic heterocycles. The highest BCUT2D eigenvalue weighted by Gasteiger charge is 2.36. The molecule has 1 aliphatic heterocycles. The minimum absolute atomic E-state index is 0.156. The normalized spacial score (nSPS) is 27.9. The van der Waals surface area contributed by atoms with Crippen molar-refractivity contribution < 1.29 is 13.5 Å². The molecule has 1 fully saturated rings. The fourth-order valence-electron chi connectivity index (χ4n) is 3.02. The average molecular weight is 224 g/mol. The first-order valence-corrected chi connectivity index (χ1v) is 5.88. The topological polar surface area (TPSA) is 9.23 Å². The molecule has 1 aromatic carbocycles. The molecule has 1 aromatic rings. The van der Waals surface area contributed by atoms with Gasteiger partial charge in [-0.2, -0.15) is 0 Å². The van der Waals surface area contributed by atoms with E-state index in [9.17, 15) is 8.78 Å². The number of rotatable bonds is 0. The molecule has 0 saturated heterocycles. The maximum absolute atomic E-state index is 13.8. The first-order chi connectivity index (χ1) is 7.77. The quantitative estimate of drug-likeness (QED) is 0.653. The lowest BCUT2D eigenvalue weighted by Gasteiger charge is -2.37. The van der Waals surface area contributed by atoms with Crippen LogP contribution < -0.4 is 4.74 Å². The smallest absolute Gasteiger partial charge is 0.165 e. The highest BCUT2D eigenvalue weighted by Crippen LogP contribution is 2.46. The molecule has 1 aliphatic carbocycles. The summed E-state index contributed by atoms with van der Waals surface area (Å²) in [6, 6.07) is 2.37. The third kappa shape index (κ3) is 1.41. The molecule has 2 unspecified atom stereocenters. The van der Waals surface area contributed by atoms with Gasteiger partial charge in [-0.15, -0.1) is 0 Å². The van der Waals surface area contributed by atoms with Crippen molar-refractivity contribution in [3.63, 3.8) is 0 Å². The zero-order valence-electron chi connectivity index (χ0n) is 9.01. The van der Waals surface area contributed by atoms with Crippen molar-refractivity contribution in [3.8, 4) is 5.75 Å². The van der Waals surface area contributed by atoms with Crippen molar-refractivity contribution in [2.75, 3.05) is 6.61 Å². The van der Waals surface area contributed by atoms with Gasteiger partial charge < -0.3 is 4.74 Å². The molecule has 0 N–H and O–H groups in total. The van der Waals surface area contributed by atoms with Gasteiger partial charge >= 0.3 is 0 Å². The van der Waals surface area contributed by atoms with Crippen LogP contribution in [0.3, 0.4) is 0 Å². The van der Waals surface area contributed by atoms with Gasteiger partial charge in [0, 0.05) is 11.5 Å². The molecular weight excluding hydrogens is 210 g/mol. The third-order valence-corrected chi connectivity index (χ3v) is 3.82. The van der Waals surface area contributed by atoms with Gasteiger partial charge in [0.2, 0.25) is 0 Å². The number of hydrogen-bond acceptors (Lipinski definition) is 1. The van der Waals surface area contributed by atoms with Gasteiger partial charge in [0.05, 0.1) is 6.61 Å². The van der Waals surface area contributed by atoms with Crippen LogP contribution in [0.5, 0.6) is 5.75 Å². The molecule has 3 rings (SSSR count). The van der Waals surface area contributed by atoms with Gasteiger partial charge in [-0.25, -0.2) is 8.78 Å². The number of halogens is 2. The van der Waals surface area contributed by atoms with Crippen molar-refractivity contribution in [1.82, 2.24) is 0 Å². The van der Waals surface area contributed by atoms with Crippen LogP contribution in [0, 0.1) is 17.6 Å². The summed E-state index contributed by atoms with van der Waals surface area (Å²) in [6.45, 7) is 0.540.